The molecule has 2 rings (SSSR count). The van der Waals surface area contributed by atoms with Crippen LogP contribution in [0, 0.1) is 11.7 Å². The van der Waals surface area contributed by atoms with E-state index >= 15 is 0 Å². The maximum atomic E-state index is 13.4. The molecule has 1 aliphatic rings. The Bertz CT molecular complexity index is 464. The molecule has 0 aliphatic carbocycles. The zero-order valence-electron chi connectivity index (χ0n) is 12.8. The second kappa shape index (κ2) is 8.13. The molecule has 4 heteroatoms. The summed E-state index contributed by atoms with van der Waals surface area (Å²) in [4.78, 5) is 14.0. The smallest absolute Gasteiger partial charge is 0.223 e. The van der Waals surface area contributed by atoms with Crippen molar-refractivity contribution < 1.29 is 9.18 Å². The number of carbonyl (C=O) groups is 1. The molecule has 0 saturated carbocycles. The molecule has 116 valence electrons. The lowest BCUT2D eigenvalue weighted by atomic mass is 10.00. The second-order valence-corrected chi connectivity index (χ2v) is 5.93. The van der Waals surface area contributed by atoms with Crippen molar-refractivity contribution in [2.24, 2.45) is 5.92 Å². The summed E-state index contributed by atoms with van der Waals surface area (Å²) in [6, 6.07) is 6.83. The summed E-state index contributed by atoms with van der Waals surface area (Å²) in [7, 11) is 0. The predicted octanol–water partition coefficient (Wildman–Crippen LogP) is 2.61. The summed E-state index contributed by atoms with van der Waals surface area (Å²) in [5.74, 6) is 0.703. The Balaban J connectivity index is 1.61. The van der Waals surface area contributed by atoms with E-state index in [1.807, 2.05) is 11.0 Å². The van der Waals surface area contributed by atoms with Crippen molar-refractivity contribution in [1.82, 2.24) is 10.2 Å². The quantitative estimate of drug-likeness (QED) is 0.817. The predicted molar refractivity (Wildman–Crippen MR) is 82.6 cm³/mol. The zero-order valence-corrected chi connectivity index (χ0v) is 12.8. The van der Waals surface area contributed by atoms with E-state index in [-0.39, 0.29) is 11.7 Å². The minimum atomic E-state index is -0.155. The lowest BCUT2D eigenvalue weighted by Gasteiger charge is -2.31. The van der Waals surface area contributed by atoms with Gasteiger partial charge in [0.2, 0.25) is 5.91 Å². The molecule has 1 N–H and O–H groups in total. The first kappa shape index (κ1) is 16.0. The molecule has 1 saturated heterocycles. The van der Waals surface area contributed by atoms with E-state index in [9.17, 15) is 9.18 Å². The first-order valence-electron chi connectivity index (χ1n) is 7.88. The van der Waals surface area contributed by atoms with E-state index in [1.54, 1.807) is 12.1 Å². The van der Waals surface area contributed by atoms with Gasteiger partial charge in [0, 0.05) is 26.1 Å². The Morgan fingerprint density at radius 3 is 2.95 bits per heavy atom. The molecule has 1 amide bonds. The van der Waals surface area contributed by atoms with Crippen LogP contribution in [-0.4, -0.2) is 37.0 Å². The minimum absolute atomic E-state index is 0.155. The summed E-state index contributed by atoms with van der Waals surface area (Å²) in [5, 5.41) is 3.23. The highest BCUT2D eigenvalue weighted by Crippen LogP contribution is 2.15. The van der Waals surface area contributed by atoms with E-state index in [0.29, 0.717) is 31.8 Å². The molecular weight excluding hydrogens is 267 g/mol. The summed E-state index contributed by atoms with van der Waals surface area (Å²) in [6.45, 7) is 5.36. The lowest BCUT2D eigenvalue weighted by molar-refractivity contribution is -0.132. The van der Waals surface area contributed by atoms with E-state index in [0.717, 1.165) is 25.1 Å². The van der Waals surface area contributed by atoms with Crippen LogP contribution in [0.15, 0.2) is 24.3 Å². The van der Waals surface area contributed by atoms with Crippen LogP contribution in [0.4, 0.5) is 4.39 Å². The van der Waals surface area contributed by atoms with Crippen LogP contribution in [0.1, 0.15) is 31.7 Å². The summed E-state index contributed by atoms with van der Waals surface area (Å²) >= 11 is 0. The van der Waals surface area contributed by atoms with Gasteiger partial charge in [0.05, 0.1) is 0 Å². The van der Waals surface area contributed by atoms with Crippen molar-refractivity contribution in [3.05, 3.63) is 35.6 Å². The Morgan fingerprint density at radius 2 is 2.19 bits per heavy atom. The number of nitrogens with one attached hydrogen (secondary N) is 1. The van der Waals surface area contributed by atoms with E-state index < -0.39 is 0 Å². The van der Waals surface area contributed by atoms with Crippen molar-refractivity contribution in [3.63, 3.8) is 0 Å². The van der Waals surface area contributed by atoms with E-state index in [2.05, 4.69) is 12.2 Å². The van der Waals surface area contributed by atoms with Crippen molar-refractivity contribution in [2.75, 3.05) is 26.2 Å². The number of nitrogens with zero attached hydrogens (tertiary/aromatic N) is 1. The highest BCUT2D eigenvalue weighted by Gasteiger charge is 2.20. The number of benzene rings is 1. The third kappa shape index (κ3) is 5.12. The molecule has 1 aliphatic heterocycles. The van der Waals surface area contributed by atoms with Crippen LogP contribution in [0.3, 0.4) is 0 Å². The normalized spacial score (nSPS) is 18.8. The van der Waals surface area contributed by atoms with Gasteiger partial charge in [-0.1, -0.05) is 25.1 Å². The van der Waals surface area contributed by atoms with Gasteiger partial charge in [-0.3, -0.25) is 4.79 Å². The van der Waals surface area contributed by atoms with Gasteiger partial charge >= 0.3 is 0 Å². The molecule has 1 fully saturated rings. The van der Waals surface area contributed by atoms with Crippen LogP contribution in [0.5, 0.6) is 0 Å². The second-order valence-electron chi connectivity index (χ2n) is 5.93. The highest BCUT2D eigenvalue weighted by molar-refractivity contribution is 5.76. The van der Waals surface area contributed by atoms with Gasteiger partial charge < -0.3 is 10.2 Å². The average molecular weight is 292 g/mol. The van der Waals surface area contributed by atoms with Crippen LogP contribution in [-0.2, 0) is 11.2 Å². The Kier molecular flexibility index (Phi) is 6.18. The fraction of sp³-hybridized carbons (Fsp3) is 0.588. The highest BCUT2D eigenvalue weighted by atomic mass is 19.1. The largest absolute Gasteiger partial charge is 0.342 e. The number of likely N-dealkylation sites (tertiary alicyclic amines) is 1. The molecular formula is C17H25FN2O. The molecule has 1 unspecified atom stereocenters. The number of amides is 1. The molecule has 21 heavy (non-hydrogen) atoms. The summed E-state index contributed by atoms with van der Waals surface area (Å²) in [5.41, 5.74) is 0.723. The van der Waals surface area contributed by atoms with Gasteiger partial charge in [-0.25, -0.2) is 4.39 Å². The Morgan fingerprint density at radius 1 is 1.38 bits per heavy atom. The monoisotopic (exact) mass is 292 g/mol. The minimum Gasteiger partial charge on any atom is -0.342 e. The topological polar surface area (TPSA) is 32.3 Å². The van der Waals surface area contributed by atoms with Crippen molar-refractivity contribution >= 4 is 5.91 Å². The van der Waals surface area contributed by atoms with Crippen LogP contribution in [0.2, 0.25) is 0 Å². The number of hydrogen-bond donors (Lipinski definition) is 1. The van der Waals surface area contributed by atoms with Gasteiger partial charge in [0.25, 0.3) is 0 Å². The number of rotatable bonds is 6. The number of carbonyl (C=O) groups excluding carboxylic acids is 1. The third-order valence-electron chi connectivity index (χ3n) is 4.05. The van der Waals surface area contributed by atoms with Crippen molar-refractivity contribution in [3.8, 4) is 0 Å². The van der Waals surface area contributed by atoms with E-state index in [1.165, 1.54) is 12.5 Å². The lowest BCUT2D eigenvalue weighted by Crippen LogP contribution is -2.40. The first-order valence-corrected chi connectivity index (χ1v) is 7.88. The number of hydrogen-bond acceptors (Lipinski definition) is 2. The van der Waals surface area contributed by atoms with Crippen LogP contribution >= 0.6 is 0 Å². The van der Waals surface area contributed by atoms with Gasteiger partial charge in [-0.15, -0.1) is 0 Å². The average Bonchev–Trinajstić information content (AvgIpc) is 2.48. The van der Waals surface area contributed by atoms with E-state index in [4.69, 9.17) is 0 Å². The molecule has 0 bridgehead atoms. The number of halogens is 1. The Labute approximate surface area is 126 Å². The fourth-order valence-corrected chi connectivity index (χ4v) is 2.82. The van der Waals surface area contributed by atoms with Gasteiger partial charge in [0.15, 0.2) is 0 Å². The van der Waals surface area contributed by atoms with Crippen LogP contribution < -0.4 is 5.32 Å². The molecule has 0 radical (unpaired) electrons. The molecule has 3 nitrogen and oxygen atoms in total. The first-order chi connectivity index (χ1) is 10.2. The molecule has 1 atom stereocenters. The zero-order chi connectivity index (χ0) is 15.1. The molecule has 1 aromatic carbocycles. The van der Waals surface area contributed by atoms with Gasteiger partial charge in [-0.05, 0) is 43.4 Å². The fourth-order valence-electron chi connectivity index (χ4n) is 2.82. The van der Waals surface area contributed by atoms with Crippen molar-refractivity contribution in [1.29, 1.82) is 0 Å². The SMILES string of the molecule is CC1CCCN(C(=O)CCNCCc2ccccc2F)C1. The molecule has 1 heterocycles. The number of piperidine rings is 1. The standard InChI is InChI=1S/C17H25FN2O/c1-14-5-4-12-20(13-14)17(21)9-11-19-10-8-15-6-2-3-7-16(15)18/h2-3,6-7,14,19H,4-5,8-13H2,1H3. The van der Waals surface area contributed by atoms with Crippen LogP contribution in [0.25, 0.3) is 0 Å². The van der Waals surface area contributed by atoms with Gasteiger partial charge in [0.1, 0.15) is 5.82 Å². The third-order valence-corrected chi connectivity index (χ3v) is 4.05. The van der Waals surface area contributed by atoms with Crippen molar-refractivity contribution in [2.45, 2.75) is 32.6 Å². The van der Waals surface area contributed by atoms with Gasteiger partial charge in [-0.2, -0.15) is 0 Å². The summed E-state index contributed by atoms with van der Waals surface area (Å²) < 4.78 is 13.4. The Hall–Kier alpha value is -1.42. The summed E-state index contributed by atoms with van der Waals surface area (Å²) in [6.07, 6.45) is 3.53. The molecule has 0 aromatic heterocycles. The molecule has 1 aromatic rings. The maximum Gasteiger partial charge on any atom is 0.223 e. The maximum absolute atomic E-state index is 13.4. The molecule has 0 spiro atoms.